The van der Waals surface area contributed by atoms with Crippen molar-refractivity contribution in [1.29, 1.82) is 0 Å². The van der Waals surface area contributed by atoms with Gasteiger partial charge in [0.1, 0.15) is 0 Å². The summed E-state index contributed by atoms with van der Waals surface area (Å²) in [5, 5.41) is 14.9. The maximum absolute atomic E-state index is 11.8. The molecule has 0 saturated heterocycles. The summed E-state index contributed by atoms with van der Waals surface area (Å²) in [5.41, 5.74) is 0.995. The smallest absolute Gasteiger partial charge is 0.315 e. The van der Waals surface area contributed by atoms with Gasteiger partial charge in [-0.3, -0.25) is 4.98 Å². The van der Waals surface area contributed by atoms with Gasteiger partial charge in [-0.05, 0) is 37.0 Å². The number of rotatable bonds is 6. The molecule has 0 aromatic carbocycles. The second-order valence-corrected chi connectivity index (χ2v) is 5.13. The Balaban J connectivity index is 2.46. The fourth-order valence-electron chi connectivity index (χ4n) is 1.91. The van der Waals surface area contributed by atoms with Crippen molar-refractivity contribution in [3.05, 3.63) is 30.1 Å². The molecule has 106 valence electrons. The van der Waals surface area contributed by atoms with Gasteiger partial charge in [-0.15, -0.1) is 0 Å². The van der Waals surface area contributed by atoms with E-state index in [0.717, 1.165) is 12.0 Å². The van der Waals surface area contributed by atoms with Gasteiger partial charge < -0.3 is 15.7 Å². The number of nitrogens with one attached hydrogen (secondary N) is 2. The van der Waals surface area contributed by atoms with Gasteiger partial charge in [0.05, 0.1) is 18.7 Å². The van der Waals surface area contributed by atoms with Crippen molar-refractivity contribution in [1.82, 2.24) is 15.6 Å². The number of aromatic nitrogens is 1. The molecular weight excluding hydrogens is 242 g/mol. The molecule has 3 N–H and O–H groups in total. The third-order valence-electron chi connectivity index (χ3n) is 2.87. The van der Waals surface area contributed by atoms with Crippen LogP contribution < -0.4 is 10.6 Å². The van der Waals surface area contributed by atoms with Gasteiger partial charge in [0.25, 0.3) is 0 Å². The number of nitrogens with zero attached hydrogens (tertiary/aromatic N) is 1. The van der Waals surface area contributed by atoms with Crippen LogP contribution >= 0.6 is 0 Å². The molecule has 0 aliphatic rings. The maximum Gasteiger partial charge on any atom is 0.315 e. The van der Waals surface area contributed by atoms with Crippen LogP contribution in [0.3, 0.4) is 0 Å². The van der Waals surface area contributed by atoms with Gasteiger partial charge in [0.2, 0.25) is 0 Å². The lowest BCUT2D eigenvalue weighted by Crippen LogP contribution is -2.45. The van der Waals surface area contributed by atoms with Gasteiger partial charge in [0.15, 0.2) is 0 Å². The summed E-state index contributed by atoms with van der Waals surface area (Å²) in [6, 6.07) is 3.17. The average Bonchev–Trinajstić information content (AvgIpc) is 2.38. The third-order valence-corrected chi connectivity index (χ3v) is 2.87. The normalized spacial score (nSPS) is 13.9. The number of amides is 2. The molecule has 2 unspecified atom stereocenters. The zero-order valence-electron chi connectivity index (χ0n) is 11.8. The van der Waals surface area contributed by atoms with Crippen LogP contribution in [0.1, 0.15) is 38.8 Å². The minimum absolute atomic E-state index is 0.0464. The standard InChI is InChI=1S/C14H23N3O2/c1-10(2)8-13(9-18)17-14(19)16-11(3)12-4-6-15-7-5-12/h4-7,10-11,13,18H,8-9H2,1-3H3,(H2,16,17,19). The minimum atomic E-state index is -0.260. The quantitative estimate of drug-likeness (QED) is 0.735. The van der Waals surface area contributed by atoms with Gasteiger partial charge in [-0.25, -0.2) is 4.79 Å². The van der Waals surface area contributed by atoms with E-state index in [4.69, 9.17) is 0 Å². The molecule has 0 spiro atoms. The van der Waals surface area contributed by atoms with Crippen molar-refractivity contribution in [3.63, 3.8) is 0 Å². The Hall–Kier alpha value is -1.62. The molecule has 0 fully saturated rings. The van der Waals surface area contributed by atoms with E-state index < -0.39 is 0 Å². The molecule has 5 heteroatoms. The van der Waals surface area contributed by atoms with Crippen LogP contribution in [0.4, 0.5) is 4.79 Å². The summed E-state index contributed by atoms with van der Waals surface area (Å²) >= 11 is 0. The summed E-state index contributed by atoms with van der Waals surface area (Å²) in [6.45, 7) is 5.98. The molecule has 0 radical (unpaired) electrons. The van der Waals surface area contributed by atoms with Crippen LogP contribution in [0.15, 0.2) is 24.5 Å². The average molecular weight is 265 g/mol. The largest absolute Gasteiger partial charge is 0.394 e. The molecular formula is C14H23N3O2. The number of hydrogen-bond donors (Lipinski definition) is 3. The molecule has 1 rings (SSSR count). The number of aliphatic hydroxyl groups is 1. The first-order valence-electron chi connectivity index (χ1n) is 6.60. The molecule has 2 amide bonds. The Bertz CT molecular complexity index is 382. The highest BCUT2D eigenvalue weighted by atomic mass is 16.3. The lowest BCUT2D eigenvalue weighted by molar-refractivity contribution is 0.205. The molecule has 0 saturated carbocycles. The number of carbonyl (C=O) groups is 1. The predicted molar refractivity (Wildman–Crippen MR) is 74.6 cm³/mol. The molecule has 0 aliphatic heterocycles. The Labute approximate surface area is 114 Å². The van der Waals surface area contributed by atoms with E-state index in [0.29, 0.717) is 5.92 Å². The second kappa shape index (κ2) is 7.74. The van der Waals surface area contributed by atoms with Crippen LogP contribution in [0.5, 0.6) is 0 Å². The zero-order valence-corrected chi connectivity index (χ0v) is 11.8. The summed E-state index contributed by atoms with van der Waals surface area (Å²) in [7, 11) is 0. The van der Waals surface area contributed by atoms with Gasteiger partial charge >= 0.3 is 6.03 Å². The summed E-state index contributed by atoms with van der Waals surface area (Å²) in [6.07, 6.45) is 4.15. The van der Waals surface area contributed by atoms with Gasteiger partial charge in [-0.2, -0.15) is 0 Å². The van der Waals surface area contributed by atoms with Crippen LogP contribution in [0.25, 0.3) is 0 Å². The van der Waals surface area contributed by atoms with E-state index >= 15 is 0 Å². The molecule has 1 aromatic rings. The van der Waals surface area contributed by atoms with Crippen molar-refractivity contribution in [2.45, 2.75) is 39.3 Å². The van der Waals surface area contributed by atoms with E-state index in [9.17, 15) is 9.90 Å². The Morgan fingerprint density at radius 2 is 1.89 bits per heavy atom. The molecule has 19 heavy (non-hydrogen) atoms. The molecule has 1 heterocycles. The van der Waals surface area contributed by atoms with Crippen LogP contribution in [-0.2, 0) is 0 Å². The van der Waals surface area contributed by atoms with Gasteiger partial charge in [0, 0.05) is 12.4 Å². The van der Waals surface area contributed by atoms with E-state index in [2.05, 4.69) is 29.5 Å². The van der Waals surface area contributed by atoms with Crippen LogP contribution in [0.2, 0.25) is 0 Å². The van der Waals surface area contributed by atoms with Crippen molar-refractivity contribution < 1.29 is 9.90 Å². The van der Waals surface area contributed by atoms with E-state index in [1.165, 1.54) is 0 Å². The van der Waals surface area contributed by atoms with Crippen molar-refractivity contribution in [2.24, 2.45) is 5.92 Å². The number of aliphatic hydroxyl groups excluding tert-OH is 1. The van der Waals surface area contributed by atoms with E-state index in [1.54, 1.807) is 12.4 Å². The van der Waals surface area contributed by atoms with E-state index in [-0.39, 0.29) is 24.7 Å². The SMILES string of the molecule is CC(C)CC(CO)NC(=O)NC(C)c1ccncc1. The number of carbonyl (C=O) groups excluding carboxylic acids is 1. The number of hydrogen-bond acceptors (Lipinski definition) is 3. The molecule has 1 aromatic heterocycles. The summed E-state index contributed by atoms with van der Waals surface area (Å²) < 4.78 is 0. The van der Waals surface area contributed by atoms with Crippen LogP contribution in [0, 0.1) is 5.92 Å². The maximum atomic E-state index is 11.8. The summed E-state index contributed by atoms with van der Waals surface area (Å²) in [5.74, 6) is 0.426. The topological polar surface area (TPSA) is 74.2 Å². The van der Waals surface area contributed by atoms with Gasteiger partial charge in [-0.1, -0.05) is 13.8 Å². The lowest BCUT2D eigenvalue weighted by Gasteiger charge is -2.21. The highest BCUT2D eigenvalue weighted by Crippen LogP contribution is 2.10. The third kappa shape index (κ3) is 5.70. The minimum Gasteiger partial charge on any atom is -0.394 e. The van der Waals surface area contributed by atoms with Crippen molar-refractivity contribution in [3.8, 4) is 0 Å². The molecule has 0 aliphatic carbocycles. The number of urea groups is 1. The fraction of sp³-hybridized carbons (Fsp3) is 0.571. The first-order chi connectivity index (χ1) is 9.02. The Kier molecular flexibility index (Phi) is 6.29. The van der Waals surface area contributed by atoms with E-state index in [1.807, 2.05) is 19.1 Å². The highest BCUT2D eigenvalue weighted by Gasteiger charge is 2.15. The first kappa shape index (κ1) is 15.4. The fourth-order valence-corrected chi connectivity index (χ4v) is 1.91. The zero-order chi connectivity index (χ0) is 14.3. The highest BCUT2D eigenvalue weighted by molar-refractivity contribution is 5.74. The Morgan fingerprint density at radius 1 is 1.26 bits per heavy atom. The molecule has 0 bridgehead atoms. The molecule has 5 nitrogen and oxygen atoms in total. The lowest BCUT2D eigenvalue weighted by atomic mass is 10.0. The van der Waals surface area contributed by atoms with Crippen molar-refractivity contribution in [2.75, 3.05) is 6.61 Å². The molecule has 2 atom stereocenters. The second-order valence-electron chi connectivity index (χ2n) is 5.13. The number of pyridine rings is 1. The van der Waals surface area contributed by atoms with Crippen molar-refractivity contribution >= 4 is 6.03 Å². The van der Waals surface area contributed by atoms with Crippen LogP contribution in [-0.4, -0.2) is 28.8 Å². The Morgan fingerprint density at radius 3 is 2.42 bits per heavy atom. The predicted octanol–water partition coefficient (Wildman–Crippen LogP) is 1.85. The monoisotopic (exact) mass is 265 g/mol. The first-order valence-corrected chi connectivity index (χ1v) is 6.60. The summed E-state index contributed by atoms with van der Waals surface area (Å²) in [4.78, 5) is 15.8.